The predicted molar refractivity (Wildman–Crippen MR) is 71.7 cm³/mol. The van der Waals surface area contributed by atoms with Gasteiger partial charge in [-0.15, -0.1) is 0 Å². The monoisotopic (exact) mass is 263 g/mol. The van der Waals surface area contributed by atoms with E-state index < -0.39 is 0 Å². The highest BCUT2D eigenvalue weighted by molar-refractivity contribution is 6.31. The molecule has 2 rings (SSSR count). The molecule has 1 aromatic heterocycles. The smallest absolute Gasteiger partial charge is 0.326 e. The van der Waals surface area contributed by atoms with Crippen LogP contribution in [0.4, 0.5) is 0 Å². The van der Waals surface area contributed by atoms with Gasteiger partial charge in [0.1, 0.15) is 0 Å². The van der Waals surface area contributed by atoms with Crippen molar-refractivity contribution >= 4 is 11.6 Å². The standard InChI is InChI=1S/C13H14ClN3O/c1-9-6-16-13(18)17(7-9)8-11-3-2-10(5-15)4-12(11)14/h2-4,6-7H,5,8,15H2,1H3. The molecule has 0 aliphatic carbocycles. The fraction of sp³-hybridized carbons (Fsp3) is 0.231. The van der Waals surface area contributed by atoms with Crippen molar-refractivity contribution in [2.75, 3.05) is 0 Å². The topological polar surface area (TPSA) is 60.9 Å². The Labute approximate surface area is 110 Å². The minimum Gasteiger partial charge on any atom is -0.326 e. The second-order valence-electron chi connectivity index (χ2n) is 4.17. The molecule has 0 fully saturated rings. The third kappa shape index (κ3) is 2.78. The first-order valence-corrected chi connectivity index (χ1v) is 5.98. The van der Waals surface area contributed by atoms with Crippen molar-refractivity contribution in [3.8, 4) is 0 Å². The Morgan fingerprint density at radius 2 is 2.22 bits per heavy atom. The summed E-state index contributed by atoms with van der Waals surface area (Å²) in [6.45, 7) is 2.76. The Morgan fingerprint density at radius 3 is 2.89 bits per heavy atom. The van der Waals surface area contributed by atoms with E-state index in [1.807, 2.05) is 25.1 Å². The lowest BCUT2D eigenvalue weighted by molar-refractivity contribution is 0.721. The van der Waals surface area contributed by atoms with Gasteiger partial charge < -0.3 is 5.73 Å². The van der Waals surface area contributed by atoms with Crippen LogP contribution < -0.4 is 11.4 Å². The number of hydrogen-bond donors (Lipinski definition) is 1. The summed E-state index contributed by atoms with van der Waals surface area (Å²) in [6, 6.07) is 5.62. The summed E-state index contributed by atoms with van der Waals surface area (Å²) in [5.41, 5.74) is 8.05. The number of benzene rings is 1. The van der Waals surface area contributed by atoms with Gasteiger partial charge in [0.15, 0.2) is 0 Å². The second kappa shape index (κ2) is 5.33. The molecule has 0 amide bonds. The molecule has 0 aliphatic heterocycles. The maximum atomic E-state index is 11.6. The van der Waals surface area contributed by atoms with Gasteiger partial charge in [-0.2, -0.15) is 0 Å². The van der Waals surface area contributed by atoms with E-state index in [-0.39, 0.29) is 5.69 Å². The second-order valence-corrected chi connectivity index (χ2v) is 4.58. The highest BCUT2D eigenvalue weighted by Crippen LogP contribution is 2.18. The van der Waals surface area contributed by atoms with Gasteiger partial charge in [-0.1, -0.05) is 23.7 Å². The molecule has 2 N–H and O–H groups in total. The lowest BCUT2D eigenvalue weighted by atomic mass is 10.1. The lowest BCUT2D eigenvalue weighted by Crippen LogP contribution is -2.23. The highest BCUT2D eigenvalue weighted by Gasteiger charge is 2.04. The van der Waals surface area contributed by atoms with Crippen LogP contribution >= 0.6 is 11.6 Å². The van der Waals surface area contributed by atoms with Crippen LogP contribution in [0.3, 0.4) is 0 Å². The maximum Gasteiger partial charge on any atom is 0.347 e. The Kier molecular flexibility index (Phi) is 3.79. The molecule has 0 atom stereocenters. The molecular formula is C13H14ClN3O. The lowest BCUT2D eigenvalue weighted by Gasteiger charge is -2.08. The number of aromatic nitrogens is 2. The van der Waals surface area contributed by atoms with E-state index in [2.05, 4.69) is 4.98 Å². The molecule has 0 radical (unpaired) electrons. The molecule has 0 aliphatic rings. The van der Waals surface area contributed by atoms with Crippen molar-refractivity contribution in [2.24, 2.45) is 5.73 Å². The van der Waals surface area contributed by atoms with E-state index in [0.717, 1.165) is 16.7 Å². The molecule has 1 aromatic carbocycles. The van der Waals surface area contributed by atoms with Gasteiger partial charge in [0.2, 0.25) is 0 Å². The predicted octanol–water partition coefficient (Wildman–Crippen LogP) is 1.71. The molecule has 5 heteroatoms. The van der Waals surface area contributed by atoms with E-state index in [0.29, 0.717) is 18.1 Å². The summed E-state index contributed by atoms with van der Waals surface area (Å²) in [6.07, 6.45) is 3.32. The molecule has 0 saturated heterocycles. The van der Waals surface area contributed by atoms with Gasteiger partial charge in [0.25, 0.3) is 0 Å². The number of aryl methyl sites for hydroxylation is 1. The van der Waals surface area contributed by atoms with E-state index in [4.69, 9.17) is 17.3 Å². The Balaban J connectivity index is 2.34. The Morgan fingerprint density at radius 1 is 1.44 bits per heavy atom. The quantitative estimate of drug-likeness (QED) is 0.917. The van der Waals surface area contributed by atoms with Crippen LogP contribution in [0.25, 0.3) is 0 Å². The average molecular weight is 264 g/mol. The number of nitrogens with zero attached hydrogens (tertiary/aromatic N) is 2. The Bertz CT molecular complexity index is 622. The largest absolute Gasteiger partial charge is 0.347 e. The summed E-state index contributed by atoms with van der Waals surface area (Å²) in [5, 5.41) is 0.617. The van der Waals surface area contributed by atoms with Crippen LogP contribution in [-0.4, -0.2) is 9.55 Å². The molecule has 0 bridgehead atoms. The molecule has 2 aromatic rings. The number of rotatable bonds is 3. The first-order chi connectivity index (χ1) is 8.60. The van der Waals surface area contributed by atoms with E-state index >= 15 is 0 Å². The first kappa shape index (κ1) is 12.8. The van der Waals surface area contributed by atoms with E-state index in [1.165, 1.54) is 0 Å². The third-order valence-electron chi connectivity index (χ3n) is 2.68. The molecule has 0 spiro atoms. The van der Waals surface area contributed by atoms with Crippen LogP contribution in [0.1, 0.15) is 16.7 Å². The number of hydrogen-bond acceptors (Lipinski definition) is 3. The molecule has 1 heterocycles. The first-order valence-electron chi connectivity index (χ1n) is 5.60. The van der Waals surface area contributed by atoms with Crippen LogP contribution in [0, 0.1) is 6.92 Å². The highest BCUT2D eigenvalue weighted by atomic mass is 35.5. The van der Waals surface area contributed by atoms with E-state index in [1.54, 1.807) is 17.0 Å². The number of nitrogens with two attached hydrogens (primary N) is 1. The van der Waals surface area contributed by atoms with Gasteiger partial charge in [-0.3, -0.25) is 4.57 Å². The SMILES string of the molecule is Cc1cnc(=O)n(Cc2ccc(CN)cc2Cl)c1. The molecule has 18 heavy (non-hydrogen) atoms. The zero-order chi connectivity index (χ0) is 13.1. The maximum absolute atomic E-state index is 11.6. The van der Waals surface area contributed by atoms with Crippen molar-refractivity contribution in [3.05, 3.63) is 62.8 Å². The minimum atomic E-state index is -0.278. The summed E-state index contributed by atoms with van der Waals surface area (Å²) >= 11 is 6.16. The molecular weight excluding hydrogens is 250 g/mol. The van der Waals surface area contributed by atoms with Crippen LogP contribution in [0.2, 0.25) is 5.02 Å². The average Bonchev–Trinajstić information content (AvgIpc) is 2.36. The summed E-state index contributed by atoms with van der Waals surface area (Å²) in [7, 11) is 0. The van der Waals surface area contributed by atoms with E-state index in [9.17, 15) is 4.79 Å². The fourth-order valence-corrected chi connectivity index (χ4v) is 1.97. The van der Waals surface area contributed by atoms with Gasteiger partial charge in [0, 0.05) is 24.0 Å². The van der Waals surface area contributed by atoms with Crippen molar-refractivity contribution in [2.45, 2.75) is 20.0 Å². The summed E-state index contributed by atoms with van der Waals surface area (Å²) < 4.78 is 1.54. The fourth-order valence-electron chi connectivity index (χ4n) is 1.71. The minimum absolute atomic E-state index is 0.278. The zero-order valence-corrected chi connectivity index (χ0v) is 10.8. The molecule has 4 nitrogen and oxygen atoms in total. The van der Waals surface area contributed by atoms with Crippen molar-refractivity contribution in [1.82, 2.24) is 9.55 Å². The molecule has 0 saturated carbocycles. The van der Waals surface area contributed by atoms with Crippen LogP contribution in [0.15, 0.2) is 35.4 Å². The van der Waals surface area contributed by atoms with Crippen LogP contribution in [-0.2, 0) is 13.1 Å². The Hall–Kier alpha value is -1.65. The van der Waals surface area contributed by atoms with Gasteiger partial charge in [-0.25, -0.2) is 9.78 Å². The summed E-state index contributed by atoms with van der Waals surface area (Å²) in [4.78, 5) is 15.4. The summed E-state index contributed by atoms with van der Waals surface area (Å²) in [5.74, 6) is 0. The normalized spacial score (nSPS) is 10.6. The zero-order valence-electron chi connectivity index (χ0n) is 10.1. The molecule has 0 unspecified atom stereocenters. The molecule has 94 valence electrons. The third-order valence-corrected chi connectivity index (χ3v) is 3.03. The number of halogens is 1. The van der Waals surface area contributed by atoms with Crippen molar-refractivity contribution < 1.29 is 0 Å². The van der Waals surface area contributed by atoms with Crippen molar-refractivity contribution in [1.29, 1.82) is 0 Å². The van der Waals surface area contributed by atoms with Gasteiger partial charge in [0.05, 0.1) is 6.54 Å². The van der Waals surface area contributed by atoms with Gasteiger partial charge >= 0.3 is 5.69 Å². The van der Waals surface area contributed by atoms with Crippen LogP contribution in [0.5, 0.6) is 0 Å². The van der Waals surface area contributed by atoms with Crippen molar-refractivity contribution in [3.63, 3.8) is 0 Å². The van der Waals surface area contributed by atoms with Gasteiger partial charge in [-0.05, 0) is 29.7 Å².